The van der Waals surface area contributed by atoms with Crippen molar-refractivity contribution in [1.82, 2.24) is 0 Å². The highest BCUT2D eigenvalue weighted by Crippen LogP contribution is 2.41. The van der Waals surface area contributed by atoms with Crippen molar-refractivity contribution >= 4 is 11.5 Å². The van der Waals surface area contributed by atoms with Crippen LogP contribution in [-0.4, -0.2) is 19.9 Å². The van der Waals surface area contributed by atoms with Crippen molar-refractivity contribution in [1.29, 1.82) is 0 Å². The van der Waals surface area contributed by atoms with Crippen molar-refractivity contribution in [3.63, 3.8) is 0 Å². The summed E-state index contributed by atoms with van der Waals surface area (Å²) in [6, 6.07) is 17.9. The van der Waals surface area contributed by atoms with Crippen LogP contribution in [-0.2, 0) is 10.2 Å². The highest BCUT2D eigenvalue weighted by Gasteiger charge is 2.42. The first-order chi connectivity index (χ1) is 11.5. The molecule has 0 radical (unpaired) electrons. The maximum Gasteiger partial charge on any atom is 0.170 e. The number of carbonyl (C=O) groups excluding carboxylic acids is 1. The molecular weight excluding hydrogens is 298 g/mol. The van der Waals surface area contributed by atoms with Gasteiger partial charge in [-0.3, -0.25) is 4.79 Å². The Hall–Kier alpha value is -2.55. The Morgan fingerprint density at radius 1 is 1.12 bits per heavy atom. The van der Waals surface area contributed by atoms with E-state index in [1.807, 2.05) is 79.7 Å². The molecule has 3 nitrogen and oxygen atoms in total. The van der Waals surface area contributed by atoms with Gasteiger partial charge in [-0.15, -0.1) is 0 Å². The zero-order valence-corrected chi connectivity index (χ0v) is 14.5. The molecule has 3 rings (SSSR count). The molecule has 0 amide bonds. The van der Waals surface area contributed by atoms with E-state index in [1.165, 1.54) is 0 Å². The van der Waals surface area contributed by atoms with Gasteiger partial charge in [0.05, 0.1) is 12.5 Å². The van der Waals surface area contributed by atoms with Gasteiger partial charge in [0.15, 0.2) is 5.78 Å². The van der Waals surface area contributed by atoms with Gasteiger partial charge in [-0.2, -0.15) is 0 Å². The standard InChI is InChI=1S/C21H23NO2/c1-21(17-8-7-11-19(14-17)24-3)13-12-16(20(21)23)15-22(2)18-9-5-4-6-10-18/h4-11,14-15H,12-13H2,1-3H3. The zero-order valence-electron chi connectivity index (χ0n) is 14.5. The number of methoxy groups -OCH3 is 1. The molecule has 1 fully saturated rings. The van der Waals surface area contributed by atoms with E-state index in [2.05, 4.69) is 0 Å². The molecule has 1 aliphatic rings. The second-order valence-corrected chi connectivity index (χ2v) is 6.49. The molecule has 124 valence electrons. The van der Waals surface area contributed by atoms with Crippen LogP contribution in [0.2, 0.25) is 0 Å². The molecule has 1 saturated carbocycles. The van der Waals surface area contributed by atoms with E-state index >= 15 is 0 Å². The number of carbonyl (C=O) groups is 1. The number of ether oxygens (including phenoxy) is 1. The number of benzene rings is 2. The first-order valence-corrected chi connectivity index (χ1v) is 8.22. The SMILES string of the molecule is COc1cccc(C2(C)CCC(=CN(C)c3ccccc3)C2=O)c1. The molecule has 0 saturated heterocycles. The van der Waals surface area contributed by atoms with Gasteiger partial charge in [0, 0.05) is 24.5 Å². The minimum Gasteiger partial charge on any atom is -0.497 e. The van der Waals surface area contributed by atoms with Crippen LogP contribution < -0.4 is 9.64 Å². The molecule has 2 aromatic carbocycles. The summed E-state index contributed by atoms with van der Waals surface area (Å²) < 4.78 is 5.31. The maximum atomic E-state index is 13.1. The van der Waals surface area contributed by atoms with Crippen LogP contribution >= 0.6 is 0 Å². The number of allylic oxidation sites excluding steroid dienone is 1. The van der Waals surface area contributed by atoms with Gasteiger partial charge in [-0.05, 0) is 49.6 Å². The fraction of sp³-hybridized carbons (Fsp3) is 0.286. The lowest BCUT2D eigenvalue weighted by atomic mass is 9.80. The Bertz CT molecular complexity index is 766. The summed E-state index contributed by atoms with van der Waals surface area (Å²) in [7, 11) is 3.63. The van der Waals surface area contributed by atoms with Gasteiger partial charge in [0.1, 0.15) is 5.75 Å². The number of ketones is 1. The van der Waals surface area contributed by atoms with Crippen molar-refractivity contribution in [2.24, 2.45) is 0 Å². The van der Waals surface area contributed by atoms with E-state index in [0.29, 0.717) is 0 Å². The Labute approximate surface area is 143 Å². The molecular formula is C21H23NO2. The minimum atomic E-state index is -0.474. The van der Waals surface area contributed by atoms with Crippen LogP contribution in [0.25, 0.3) is 0 Å². The number of hydrogen-bond donors (Lipinski definition) is 0. The van der Waals surface area contributed by atoms with Crippen molar-refractivity contribution in [3.05, 3.63) is 71.9 Å². The number of Topliss-reactive ketones (excluding diaryl/α,β-unsaturated/α-hetero) is 1. The molecule has 24 heavy (non-hydrogen) atoms. The van der Waals surface area contributed by atoms with Crippen LogP contribution in [0.5, 0.6) is 5.75 Å². The second-order valence-electron chi connectivity index (χ2n) is 6.49. The van der Waals surface area contributed by atoms with Crippen molar-refractivity contribution in [3.8, 4) is 5.75 Å². The third-order valence-electron chi connectivity index (χ3n) is 4.91. The molecule has 0 spiro atoms. The van der Waals surface area contributed by atoms with Crippen LogP contribution in [0.4, 0.5) is 5.69 Å². The van der Waals surface area contributed by atoms with Crippen LogP contribution in [0, 0.1) is 0 Å². The maximum absolute atomic E-state index is 13.1. The summed E-state index contributed by atoms with van der Waals surface area (Å²) in [5, 5.41) is 0. The van der Waals surface area contributed by atoms with Gasteiger partial charge >= 0.3 is 0 Å². The lowest BCUT2D eigenvalue weighted by Crippen LogP contribution is -2.28. The number of hydrogen-bond acceptors (Lipinski definition) is 3. The molecule has 1 unspecified atom stereocenters. The number of anilines is 1. The lowest BCUT2D eigenvalue weighted by Gasteiger charge is -2.23. The Morgan fingerprint density at radius 2 is 1.88 bits per heavy atom. The highest BCUT2D eigenvalue weighted by atomic mass is 16.5. The third-order valence-corrected chi connectivity index (χ3v) is 4.91. The average Bonchev–Trinajstić information content (AvgIpc) is 2.92. The summed E-state index contributed by atoms with van der Waals surface area (Å²) >= 11 is 0. The molecule has 2 aromatic rings. The fourth-order valence-electron chi connectivity index (χ4n) is 3.30. The predicted molar refractivity (Wildman–Crippen MR) is 97.5 cm³/mol. The largest absolute Gasteiger partial charge is 0.497 e. The minimum absolute atomic E-state index is 0.207. The molecule has 0 bridgehead atoms. The summed E-state index contributed by atoms with van der Waals surface area (Å²) in [5.74, 6) is 0.999. The Balaban J connectivity index is 1.87. The summed E-state index contributed by atoms with van der Waals surface area (Å²) in [5.41, 5.74) is 2.51. The number of para-hydroxylation sites is 1. The monoisotopic (exact) mass is 321 g/mol. The van der Waals surface area contributed by atoms with Crippen molar-refractivity contribution in [2.45, 2.75) is 25.2 Å². The third kappa shape index (κ3) is 2.94. The first-order valence-electron chi connectivity index (χ1n) is 8.22. The fourth-order valence-corrected chi connectivity index (χ4v) is 3.30. The molecule has 0 aromatic heterocycles. The molecule has 0 aliphatic heterocycles. The van der Waals surface area contributed by atoms with E-state index in [1.54, 1.807) is 7.11 Å². The topological polar surface area (TPSA) is 29.5 Å². The van der Waals surface area contributed by atoms with Crippen LogP contribution in [0.3, 0.4) is 0 Å². The molecule has 3 heteroatoms. The van der Waals surface area contributed by atoms with Gasteiger partial charge in [0.2, 0.25) is 0 Å². The molecule has 0 N–H and O–H groups in total. The van der Waals surface area contributed by atoms with E-state index in [9.17, 15) is 4.79 Å². The zero-order chi connectivity index (χ0) is 17.2. The first kappa shape index (κ1) is 16.3. The quantitative estimate of drug-likeness (QED) is 0.785. The normalized spacial score (nSPS) is 22.0. The smallest absolute Gasteiger partial charge is 0.170 e. The van der Waals surface area contributed by atoms with Gasteiger partial charge in [-0.25, -0.2) is 0 Å². The lowest BCUT2D eigenvalue weighted by molar-refractivity contribution is -0.118. The van der Waals surface area contributed by atoms with Crippen LogP contribution in [0.1, 0.15) is 25.3 Å². The van der Waals surface area contributed by atoms with E-state index < -0.39 is 5.41 Å². The van der Waals surface area contributed by atoms with Crippen molar-refractivity contribution in [2.75, 3.05) is 19.1 Å². The van der Waals surface area contributed by atoms with Gasteiger partial charge in [0.25, 0.3) is 0 Å². The number of rotatable bonds is 4. The summed E-state index contributed by atoms with van der Waals surface area (Å²) in [4.78, 5) is 15.1. The van der Waals surface area contributed by atoms with Gasteiger partial charge < -0.3 is 9.64 Å². The van der Waals surface area contributed by atoms with E-state index in [4.69, 9.17) is 4.74 Å². The van der Waals surface area contributed by atoms with Crippen LogP contribution in [0.15, 0.2) is 66.4 Å². The molecule has 1 aliphatic carbocycles. The molecule has 1 atom stereocenters. The number of nitrogens with zero attached hydrogens (tertiary/aromatic N) is 1. The van der Waals surface area contributed by atoms with E-state index in [-0.39, 0.29) is 5.78 Å². The summed E-state index contributed by atoms with van der Waals surface area (Å²) in [6.45, 7) is 2.04. The molecule has 0 heterocycles. The average molecular weight is 321 g/mol. The van der Waals surface area contributed by atoms with E-state index in [0.717, 1.165) is 35.4 Å². The predicted octanol–water partition coefficient (Wildman–Crippen LogP) is 4.34. The van der Waals surface area contributed by atoms with Crippen molar-refractivity contribution < 1.29 is 9.53 Å². The highest BCUT2D eigenvalue weighted by molar-refractivity contribution is 6.05. The second kappa shape index (κ2) is 6.52. The Kier molecular flexibility index (Phi) is 4.43. The summed E-state index contributed by atoms with van der Waals surface area (Å²) in [6.07, 6.45) is 3.60. The Morgan fingerprint density at radius 3 is 2.58 bits per heavy atom. The van der Waals surface area contributed by atoms with Gasteiger partial charge in [-0.1, -0.05) is 30.3 Å².